The number of rotatable bonds is 5. The van der Waals surface area contributed by atoms with Gasteiger partial charge in [-0.25, -0.2) is 9.18 Å². The fraction of sp³-hybridized carbons (Fsp3) is 0.588. The van der Waals surface area contributed by atoms with E-state index >= 15 is 0 Å². The molecule has 150 valence electrons. The van der Waals surface area contributed by atoms with Crippen LogP contribution in [-0.2, 0) is 9.47 Å². The number of aliphatic hydroxyl groups is 1. The first kappa shape index (κ1) is 20.8. The van der Waals surface area contributed by atoms with Crippen LogP contribution in [0.5, 0.6) is 5.75 Å². The van der Waals surface area contributed by atoms with E-state index in [-0.39, 0.29) is 26.4 Å². The molecule has 1 aliphatic rings. The molecule has 1 aromatic rings. The lowest BCUT2D eigenvalue weighted by molar-refractivity contribution is -0.386. The predicted octanol–water partition coefficient (Wildman–Crippen LogP) is 2.11. The van der Waals surface area contributed by atoms with Gasteiger partial charge < -0.3 is 19.3 Å². The third-order valence-corrected chi connectivity index (χ3v) is 3.76. The zero-order valence-electron chi connectivity index (χ0n) is 15.4. The first-order chi connectivity index (χ1) is 12.6. The summed E-state index contributed by atoms with van der Waals surface area (Å²) in [6.07, 6.45) is -1.29. The minimum atomic E-state index is -0.864. The lowest BCUT2D eigenvalue weighted by Gasteiger charge is -2.39. The monoisotopic (exact) mass is 386 g/mol. The molecule has 10 heteroatoms. The Morgan fingerprint density at radius 3 is 2.78 bits per heavy atom. The van der Waals surface area contributed by atoms with E-state index in [0.29, 0.717) is 0 Å². The number of amides is 1. The van der Waals surface area contributed by atoms with Crippen LogP contribution in [0.2, 0.25) is 0 Å². The van der Waals surface area contributed by atoms with Crippen molar-refractivity contribution >= 4 is 11.8 Å². The first-order valence-electron chi connectivity index (χ1n) is 8.40. The molecule has 1 saturated heterocycles. The highest BCUT2D eigenvalue weighted by molar-refractivity contribution is 5.68. The quantitative estimate of drug-likeness (QED) is 0.609. The molecule has 1 aromatic carbocycles. The highest BCUT2D eigenvalue weighted by atomic mass is 19.1. The Morgan fingerprint density at radius 1 is 1.48 bits per heavy atom. The van der Waals surface area contributed by atoms with E-state index in [0.717, 1.165) is 12.1 Å². The maximum absolute atomic E-state index is 13.9. The van der Waals surface area contributed by atoms with Gasteiger partial charge in [0.25, 0.3) is 0 Å². The Balaban J connectivity index is 2.06. The minimum Gasteiger partial charge on any atom is -0.482 e. The number of ether oxygens (including phenoxy) is 3. The average molecular weight is 386 g/mol. The van der Waals surface area contributed by atoms with Crippen molar-refractivity contribution in [3.8, 4) is 5.75 Å². The van der Waals surface area contributed by atoms with Crippen LogP contribution in [-0.4, -0.2) is 65.1 Å². The molecule has 1 amide bonds. The fourth-order valence-corrected chi connectivity index (χ4v) is 2.51. The highest BCUT2D eigenvalue weighted by Crippen LogP contribution is 2.30. The summed E-state index contributed by atoms with van der Waals surface area (Å²) < 4.78 is 30.0. The van der Waals surface area contributed by atoms with Gasteiger partial charge in [0, 0.05) is 6.07 Å². The second kappa shape index (κ2) is 8.49. The Kier molecular flexibility index (Phi) is 6.55. The second-order valence-electron chi connectivity index (χ2n) is 7.08. The number of aliphatic hydroxyl groups excluding tert-OH is 1. The summed E-state index contributed by atoms with van der Waals surface area (Å²) >= 11 is 0. The molecule has 1 aliphatic heterocycles. The van der Waals surface area contributed by atoms with E-state index in [1.807, 2.05) is 0 Å². The van der Waals surface area contributed by atoms with Gasteiger partial charge in [0.05, 0.1) is 30.7 Å². The predicted molar refractivity (Wildman–Crippen MR) is 92.1 cm³/mol. The molecule has 0 bridgehead atoms. The van der Waals surface area contributed by atoms with Gasteiger partial charge in [-0.2, -0.15) is 0 Å². The van der Waals surface area contributed by atoms with Crippen molar-refractivity contribution in [1.82, 2.24) is 4.90 Å². The van der Waals surface area contributed by atoms with Gasteiger partial charge in [-0.15, -0.1) is 0 Å². The van der Waals surface area contributed by atoms with Crippen molar-refractivity contribution in [2.24, 2.45) is 0 Å². The van der Waals surface area contributed by atoms with E-state index < -0.39 is 46.0 Å². The van der Waals surface area contributed by atoms with E-state index in [9.17, 15) is 24.4 Å². The number of hydrogen-bond donors (Lipinski definition) is 1. The van der Waals surface area contributed by atoms with Crippen LogP contribution in [0.4, 0.5) is 14.9 Å². The lowest BCUT2D eigenvalue weighted by Crippen LogP contribution is -2.56. The minimum absolute atomic E-state index is 0.0301. The normalized spacial score (nSPS) is 20.3. The summed E-state index contributed by atoms with van der Waals surface area (Å²) in [5.74, 6) is -1.35. The summed E-state index contributed by atoms with van der Waals surface area (Å²) in [5.41, 5.74) is -1.21. The van der Waals surface area contributed by atoms with Gasteiger partial charge in [-0.3, -0.25) is 15.0 Å². The number of morpholine rings is 1. The zero-order valence-corrected chi connectivity index (χ0v) is 15.4. The molecule has 0 aromatic heterocycles. The van der Waals surface area contributed by atoms with E-state index in [4.69, 9.17) is 14.2 Å². The molecular weight excluding hydrogens is 363 g/mol. The number of nitrogens with zero attached hydrogens (tertiary/aromatic N) is 2. The molecule has 0 saturated carbocycles. The summed E-state index contributed by atoms with van der Waals surface area (Å²) in [6, 6.07) is 2.82. The van der Waals surface area contributed by atoms with Gasteiger partial charge in [0.15, 0.2) is 5.82 Å². The molecule has 27 heavy (non-hydrogen) atoms. The molecule has 0 spiro atoms. The SMILES string of the molecule is CC(C)(C)OC(=O)N1CC(COc2c(F)cccc2[N+](=O)[O-])OCC1CO. The smallest absolute Gasteiger partial charge is 0.410 e. The van der Waals surface area contributed by atoms with Gasteiger partial charge in [-0.1, -0.05) is 6.07 Å². The Bertz CT molecular complexity index is 692. The van der Waals surface area contributed by atoms with Crippen LogP contribution in [0, 0.1) is 15.9 Å². The van der Waals surface area contributed by atoms with E-state index in [2.05, 4.69) is 0 Å². The van der Waals surface area contributed by atoms with Crippen molar-refractivity contribution in [3.05, 3.63) is 34.1 Å². The zero-order chi connectivity index (χ0) is 20.2. The van der Waals surface area contributed by atoms with Gasteiger partial charge in [0.1, 0.15) is 18.3 Å². The maximum Gasteiger partial charge on any atom is 0.410 e. The maximum atomic E-state index is 13.9. The van der Waals surface area contributed by atoms with Crippen LogP contribution < -0.4 is 4.74 Å². The van der Waals surface area contributed by atoms with Crippen molar-refractivity contribution in [2.75, 3.05) is 26.4 Å². The van der Waals surface area contributed by atoms with Gasteiger partial charge in [-0.05, 0) is 26.8 Å². The number of benzene rings is 1. The van der Waals surface area contributed by atoms with Crippen LogP contribution in [0.3, 0.4) is 0 Å². The topological polar surface area (TPSA) is 111 Å². The second-order valence-corrected chi connectivity index (χ2v) is 7.08. The van der Waals surface area contributed by atoms with Crippen molar-refractivity contribution in [2.45, 2.75) is 38.5 Å². The number of nitro benzene ring substituents is 1. The molecule has 2 atom stereocenters. The number of nitro groups is 1. The van der Waals surface area contributed by atoms with Crippen LogP contribution in [0.1, 0.15) is 20.8 Å². The average Bonchev–Trinajstić information content (AvgIpc) is 2.58. The third kappa shape index (κ3) is 5.51. The van der Waals surface area contributed by atoms with Crippen molar-refractivity contribution < 1.29 is 33.4 Å². The highest BCUT2D eigenvalue weighted by Gasteiger charge is 2.35. The Morgan fingerprint density at radius 2 is 2.19 bits per heavy atom. The molecule has 9 nitrogen and oxygen atoms in total. The standard InChI is InChI=1S/C17H23FN2O7/c1-17(2,3)27-16(22)19-7-12(25-9-11(19)8-21)10-26-15-13(18)5-4-6-14(15)20(23)24/h4-6,11-12,21H,7-10H2,1-3H3. The number of carbonyl (C=O) groups excluding carboxylic acids is 1. The Hall–Kier alpha value is -2.46. The number of carbonyl (C=O) groups is 1. The number of para-hydroxylation sites is 1. The van der Waals surface area contributed by atoms with E-state index in [1.165, 1.54) is 11.0 Å². The van der Waals surface area contributed by atoms with Crippen LogP contribution >= 0.6 is 0 Å². The van der Waals surface area contributed by atoms with Crippen molar-refractivity contribution in [3.63, 3.8) is 0 Å². The lowest BCUT2D eigenvalue weighted by atomic mass is 10.2. The van der Waals surface area contributed by atoms with E-state index in [1.54, 1.807) is 20.8 Å². The third-order valence-electron chi connectivity index (χ3n) is 3.76. The number of halogens is 1. The summed E-state index contributed by atoms with van der Waals surface area (Å²) in [5, 5.41) is 20.5. The summed E-state index contributed by atoms with van der Waals surface area (Å²) in [7, 11) is 0. The Labute approximate surface area is 155 Å². The van der Waals surface area contributed by atoms with Crippen molar-refractivity contribution in [1.29, 1.82) is 0 Å². The molecule has 1 N–H and O–H groups in total. The fourth-order valence-electron chi connectivity index (χ4n) is 2.51. The molecule has 1 fully saturated rings. The largest absolute Gasteiger partial charge is 0.482 e. The van der Waals surface area contributed by atoms with Gasteiger partial charge in [0.2, 0.25) is 5.75 Å². The molecule has 2 rings (SSSR count). The summed E-state index contributed by atoms with van der Waals surface area (Å²) in [6.45, 7) is 4.70. The van der Waals surface area contributed by atoms with Crippen LogP contribution in [0.15, 0.2) is 18.2 Å². The summed E-state index contributed by atoms with van der Waals surface area (Å²) in [4.78, 5) is 23.9. The van der Waals surface area contributed by atoms with Crippen LogP contribution in [0.25, 0.3) is 0 Å². The first-order valence-corrected chi connectivity index (χ1v) is 8.40. The molecule has 2 unspecified atom stereocenters. The molecule has 1 heterocycles. The molecule has 0 aliphatic carbocycles. The molecule has 0 radical (unpaired) electrons. The number of hydrogen-bond acceptors (Lipinski definition) is 7. The van der Waals surface area contributed by atoms with Gasteiger partial charge >= 0.3 is 11.8 Å². The molecular formula is C17H23FN2O7.